The van der Waals surface area contributed by atoms with E-state index in [0.29, 0.717) is 18.2 Å². The lowest BCUT2D eigenvalue weighted by Gasteiger charge is -2.12. The normalized spacial score (nSPS) is 11.9. The summed E-state index contributed by atoms with van der Waals surface area (Å²) in [7, 11) is 0. The lowest BCUT2D eigenvalue weighted by molar-refractivity contribution is -0.153. The van der Waals surface area contributed by atoms with Gasteiger partial charge in [-0.3, -0.25) is 0 Å². The summed E-state index contributed by atoms with van der Waals surface area (Å²) in [6, 6.07) is 1.58. The Morgan fingerprint density at radius 3 is 2.26 bits per heavy atom. The molecular formula is C10H5F6NO2. The molecule has 0 N–H and O–H groups in total. The summed E-state index contributed by atoms with van der Waals surface area (Å²) in [5.74, 6) is -0.589. The van der Waals surface area contributed by atoms with Gasteiger partial charge in [0.25, 0.3) is 0 Å². The van der Waals surface area contributed by atoms with Crippen molar-refractivity contribution in [2.75, 3.05) is 6.61 Å². The van der Waals surface area contributed by atoms with Crippen molar-refractivity contribution in [1.82, 2.24) is 0 Å². The molecule has 0 aromatic heterocycles. The zero-order valence-electron chi connectivity index (χ0n) is 8.97. The molecule has 0 aliphatic rings. The summed E-state index contributed by atoms with van der Waals surface area (Å²) in [6.07, 6.45) is -8.43. The molecule has 0 aliphatic carbocycles. The fourth-order valence-electron chi connectivity index (χ4n) is 1.11. The third-order valence-corrected chi connectivity index (χ3v) is 1.84. The van der Waals surface area contributed by atoms with Gasteiger partial charge in [0, 0.05) is 0 Å². The standard InChI is InChI=1S/C10H5F6NO2/c11-9(12,13)4-19-8-2-1-6(10(14,15)16)3-7(8)17-5-18/h1-3H,4H2. The Balaban J connectivity index is 3.09. The molecule has 0 saturated carbocycles. The van der Waals surface area contributed by atoms with E-state index in [1.807, 2.05) is 0 Å². The number of benzene rings is 1. The topological polar surface area (TPSA) is 38.7 Å². The van der Waals surface area contributed by atoms with Crippen molar-refractivity contribution in [3.8, 4) is 5.75 Å². The van der Waals surface area contributed by atoms with E-state index in [4.69, 9.17) is 0 Å². The van der Waals surface area contributed by atoms with Crippen LogP contribution in [0.1, 0.15) is 5.56 Å². The fourth-order valence-corrected chi connectivity index (χ4v) is 1.11. The number of hydrogen-bond donors (Lipinski definition) is 0. The summed E-state index contributed by atoms with van der Waals surface area (Å²) >= 11 is 0. The number of ether oxygens (including phenoxy) is 1. The predicted octanol–water partition coefficient (Wildman–Crippen LogP) is 3.61. The Bertz CT molecular complexity index is 502. The van der Waals surface area contributed by atoms with Gasteiger partial charge in [-0.05, 0) is 18.2 Å². The first-order chi connectivity index (χ1) is 8.63. The van der Waals surface area contributed by atoms with Crippen LogP contribution in [0.2, 0.25) is 0 Å². The number of carbonyl (C=O) groups excluding carboxylic acids is 1. The number of nitrogens with zero attached hydrogens (tertiary/aromatic N) is 1. The minimum absolute atomic E-state index is 0.399. The molecule has 0 bridgehead atoms. The van der Waals surface area contributed by atoms with E-state index >= 15 is 0 Å². The maximum absolute atomic E-state index is 12.4. The summed E-state index contributed by atoms with van der Waals surface area (Å²) < 4.78 is 77.1. The van der Waals surface area contributed by atoms with Crippen molar-refractivity contribution in [3.05, 3.63) is 23.8 Å². The monoisotopic (exact) mass is 285 g/mol. The Morgan fingerprint density at radius 1 is 1.16 bits per heavy atom. The highest BCUT2D eigenvalue weighted by atomic mass is 19.4. The van der Waals surface area contributed by atoms with Crippen LogP contribution < -0.4 is 4.74 Å². The number of rotatable bonds is 3. The van der Waals surface area contributed by atoms with E-state index < -0.39 is 36.0 Å². The number of hydrogen-bond acceptors (Lipinski definition) is 3. The quantitative estimate of drug-likeness (QED) is 0.483. The van der Waals surface area contributed by atoms with E-state index in [2.05, 4.69) is 9.73 Å². The van der Waals surface area contributed by atoms with E-state index in [1.165, 1.54) is 0 Å². The van der Waals surface area contributed by atoms with Crippen LogP contribution in [0, 0.1) is 0 Å². The Kier molecular flexibility index (Phi) is 4.21. The van der Waals surface area contributed by atoms with Gasteiger partial charge in [0.1, 0.15) is 11.4 Å². The fraction of sp³-hybridized carbons (Fsp3) is 0.300. The largest absolute Gasteiger partial charge is 0.482 e. The molecule has 0 atom stereocenters. The molecule has 1 aromatic rings. The van der Waals surface area contributed by atoms with Crippen molar-refractivity contribution in [2.24, 2.45) is 4.99 Å². The highest BCUT2D eigenvalue weighted by Gasteiger charge is 2.32. The number of alkyl halides is 6. The SMILES string of the molecule is O=C=Nc1cc(C(F)(F)F)ccc1OCC(F)(F)F. The van der Waals surface area contributed by atoms with Crippen LogP contribution in [0.25, 0.3) is 0 Å². The molecule has 0 fully saturated rings. The summed E-state index contributed by atoms with van der Waals surface area (Å²) in [4.78, 5) is 12.9. The second-order valence-corrected chi connectivity index (χ2v) is 3.29. The first kappa shape index (κ1) is 15.0. The molecule has 1 aromatic carbocycles. The van der Waals surface area contributed by atoms with Crippen molar-refractivity contribution in [2.45, 2.75) is 12.4 Å². The Morgan fingerprint density at radius 2 is 1.79 bits per heavy atom. The molecule has 1 rings (SSSR count). The lowest BCUT2D eigenvalue weighted by Crippen LogP contribution is -2.19. The van der Waals surface area contributed by atoms with Gasteiger partial charge < -0.3 is 4.74 Å². The minimum Gasteiger partial charge on any atom is -0.482 e. The number of aliphatic imine (C=N–C) groups is 1. The number of halogens is 6. The van der Waals surface area contributed by atoms with Gasteiger partial charge in [-0.15, -0.1) is 0 Å². The van der Waals surface area contributed by atoms with Crippen LogP contribution in [-0.4, -0.2) is 18.9 Å². The molecule has 0 spiro atoms. The average molecular weight is 285 g/mol. The van der Waals surface area contributed by atoms with Crippen LogP contribution >= 0.6 is 0 Å². The van der Waals surface area contributed by atoms with E-state index in [1.54, 1.807) is 0 Å². The maximum Gasteiger partial charge on any atom is 0.422 e. The van der Waals surface area contributed by atoms with Crippen LogP contribution in [0.4, 0.5) is 32.0 Å². The van der Waals surface area contributed by atoms with Crippen molar-refractivity contribution >= 4 is 11.8 Å². The molecule has 3 nitrogen and oxygen atoms in total. The third kappa shape index (κ3) is 4.63. The van der Waals surface area contributed by atoms with Crippen LogP contribution in [0.15, 0.2) is 23.2 Å². The van der Waals surface area contributed by atoms with Crippen molar-refractivity contribution < 1.29 is 35.9 Å². The highest BCUT2D eigenvalue weighted by Crippen LogP contribution is 2.36. The number of isocyanates is 1. The van der Waals surface area contributed by atoms with Crippen LogP contribution in [0.3, 0.4) is 0 Å². The molecule has 0 heterocycles. The zero-order chi connectivity index (χ0) is 14.7. The summed E-state index contributed by atoms with van der Waals surface area (Å²) in [6.45, 7) is -1.71. The first-order valence-electron chi connectivity index (χ1n) is 4.62. The highest BCUT2D eigenvalue weighted by molar-refractivity contribution is 5.59. The van der Waals surface area contributed by atoms with E-state index in [9.17, 15) is 31.1 Å². The molecule has 0 radical (unpaired) electrons. The van der Waals surface area contributed by atoms with Gasteiger partial charge >= 0.3 is 12.4 Å². The summed E-state index contributed by atoms with van der Waals surface area (Å²) in [5, 5.41) is 0. The molecule has 0 aliphatic heterocycles. The first-order valence-corrected chi connectivity index (χ1v) is 4.62. The second kappa shape index (κ2) is 5.31. The Labute approximate surface area is 102 Å². The van der Waals surface area contributed by atoms with Gasteiger partial charge in [0.15, 0.2) is 6.61 Å². The van der Waals surface area contributed by atoms with Gasteiger partial charge in [-0.2, -0.15) is 31.3 Å². The van der Waals surface area contributed by atoms with E-state index in [-0.39, 0.29) is 0 Å². The van der Waals surface area contributed by atoms with Crippen LogP contribution in [0.5, 0.6) is 5.75 Å². The third-order valence-electron chi connectivity index (χ3n) is 1.84. The molecular weight excluding hydrogens is 280 g/mol. The Hall–Kier alpha value is -2.02. The van der Waals surface area contributed by atoms with Gasteiger partial charge in [0.2, 0.25) is 6.08 Å². The molecule has 19 heavy (non-hydrogen) atoms. The molecule has 0 amide bonds. The van der Waals surface area contributed by atoms with E-state index in [0.717, 1.165) is 6.08 Å². The van der Waals surface area contributed by atoms with Crippen molar-refractivity contribution in [1.29, 1.82) is 0 Å². The van der Waals surface area contributed by atoms with Crippen molar-refractivity contribution in [3.63, 3.8) is 0 Å². The van der Waals surface area contributed by atoms with Gasteiger partial charge in [-0.25, -0.2) is 4.79 Å². The smallest absolute Gasteiger partial charge is 0.422 e. The second-order valence-electron chi connectivity index (χ2n) is 3.29. The van der Waals surface area contributed by atoms with Gasteiger partial charge in [-0.1, -0.05) is 0 Å². The lowest BCUT2D eigenvalue weighted by atomic mass is 10.2. The molecule has 9 heteroatoms. The van der Waals surface area contributed by atoms with Crippen LogP contribution in [-0.2, 0) is 11.0 Å². The van der Waals surface area contributed by atoms with Gasteiger partial charge in [0.05, 0.1) is 5.56 Å². The molecule has 0 unspecified atom stereocenters. The summed E-state index contributed by atoms with van der Waals surface area (Å²) in [5.41, 5.74) is -1.84. The zero-order valence-corrected chi connectivity index (χ0v) is 8.97. The predicted molar refractivity (Wildman–Crippen MR) is 50.8 cm³/mol. The maximum atomic E-state index is 12.4. The molecule has 104 valence electrons. The average Bonchev–Trinajstić information content (AvgIpc) is 2.25. The molecule has 0 saturated heterocycles. The minimum atomic E-state index is -4.71.